The highest BCUT2D eigenvalue weighted by Gasteiger charge is 2.12. The van der Waals surface area contributed by atoms with Crippen LogP contribution in [-0.2, 0) is 16.0 Å². The molecule has 2 aromatic carbocycles. The van der Waals surface area contributed by atoms with E-state index in [0.717, 1.165) is 28.7 Å². The van der Waals surface area contributed by atoms with Gasteiger partial charge in [0.25, 0.3) is 0 Å². The Morgan fingerprint density at radius 3 is 2.31 bits per heavy atom. The summed E-state index contributed by atoms with van der Waals surface area (Å²) >= 11 is 0. The fraction of sp³-hybridized carbons (Fsp3) is 0.435. The van der Waals surface area contributed by atoms with Crippen LogP contribution in [0.3, 0.4) is 0 Å². The Labute approximate surface area is 180 Å². The molecular formula is C23H34ClNO4. The van der Waals surface area contributed by atoms with E-state index in [1.165, 1.54) is 5.56 Å². The molecule has 0 radical (unpaired) electrons. The maximum atomic E-state index is 11.6. The highest BCUT2D eigenvalue weighted by molar-refractivity contribution is 5.71. The predicted octanol–water partition coefficient (Wildman–Crippen LogP) is 0.527. The van der Waals surface area contributed by atoms with Crippen LogP contribution in [0.2, 0.25) is 0 Å². The lowest BCUT2D eigenvalue weighted by molar-refractivity contribution is -0.372. The summed E-state index contributed by atoms with van der Waals surface area (Å²) in [4.78, 5) is 11.6. The number of carbonyl (C=O) groups is 1. The van der Waals surface area contributed by atoms with E-state index < -0.39 is 0 Å². The second kappa shape index (κ2) is 12.3. The second-order valence-electron chi connectivity index (χ2n) is 7.12. The number of aromatic hydroxyl groups is 1. The molecule has 0 bridgehead atoms. The highest BCUT2D eigenvalue weighted by Crippen LogP contribution is 2.29. The van der Waals surface area contributed by atoms with Crippen LogP contribution in [0, 0.1) is 13.8 Å². The average Bonchev–Trinajstić information content (AvgIpc) is 2.62. The van der Waals surface area contributed by atoms with Crippen molar-refractivity contribution in [3.05, 3.63) is 58.1 Å². The van der Waals surface area contributed by atoms with Crippen LogP contribution in [0.4, 0.5) is 0 Å². The summed E-state index contributed by atoms with van der Waals surface area (Å²) < 4.78 is 10.5. The molecule has 29 heavy (non-hydrogen) atoms. The minimum Gasteiger partial charge on any atom is -1.00 e. The highest BCUT2D eigenvalue weighted by atomic mass is 35.5. The molecule has 0 unspecified atom stereocenters. The van der Waals surface area contributed by atoms with Gasteiger partial charge in [-0.05, 0) is 72.2 Å². The summed E-state index contributed by atoms with van der Waals surface area (Å²) in [5.41, 5.74) is 9.19. The van der Waals surface area contributed by atoms with Crippen molar-refractivity contribution in [2.75, 3.05) is 19.8 Å². The van der Waals surface area contributed by atoms with Crippen molar-refractivity contribution in [3.8, 4) is 11.5 Å². The maximum Gasteiger partial charge on any atom is 0.344 e. The first-order chi connectivity index (χ1) is 12.8. The number of quaternary nitrogens is 1. The lowest BCUT2D eigenvalue weighted by Gasteiger charge is -2.15. The summed E-state index contributed by atoms with van der Waals surface area (Å²) in [6, 6.07) is 9.69. The summed E-state index contributed by atoms with van der Waals surface area (Å²) in [6.45, 7) is 8.99. The second-order valence-corrected chi connectivity index (χ2v) is 7.12. The number of phenolic OH excluding ortho intramolecular Hbond substituents is 1. The van der Waals surface area contributed by atoms with Crippen LogP contribution < -0.4 is 22.9 Å². The van der Waals surface area contributed by atoms with Gasteiger partial charge in [-0.15, -0.1) is 0 Å². The molecular weight excluding hydrogens is 390 g/mol. The normalized spacial score (nSPS) is 10.1. The number of esters is 1. The summed E-state index contributed by atoms with van der Waals surface area (Å²) in [5, 5.41) is 10.0. The molecule has 0 aromatic heterocycles. The average molecular weight is 424 g/mol. The van der Waals surface area contributed by atoms with Gasteiger partial charge in [-0.1, -0.05) is 33.4 Å². The van der Waals surface area contributed by atoms with Crippen LogP contribution >= 0.6 is 0 Å². The molecule has 0 aliphatic heterocycles. The maximum absolute atomic E-state index is 11.6. The molecule has 2 rings (SSSR count). The Morgan fingerprint density at radius 1 is 1.14 bits per heavy atom. The van der Waals surface area contributed by atoms with Gasteiger partial charge in [0, 0.05) is 0 Å². The largest absolute Gasteiger partial charge is 1.00 e. The fourth-order valence-electron chi connectivity index (χ4n) is 3.07. The molecule has 6 heteroatoms. The third-order valence-electron chi connectivity index (χ3n) is 4.53. The number of benzene rings is 2. The number of ether oxygens (including phenoxy) is 2. The zero-order valence-electron chi connectivity index (χ0n) is 17.0. The van der Waals surface area contributed by atoms with E-state index in [9.17, 15) is 9.90 Å². The van der Waals surface area contributed by atoms with Gasteiger partial charge in [-0.25, -0.2) is 4.79 Å². The molecule has 0 saturated carbocycles. The van der Waals surface area contributed by atoms with Crippen LogP contribution in [0.25, 0.3) is 0 Å². The molecule has 0 amide bonds. The van der Waals surface area contributed by atoms with Gasteiger partial charge in [0.2, 0.25) is 0 Å². The SMILES string of the molecule is C.Cc1cc(OCC(=O)OCC[NH3+])cc(C)c1Cc1ccc(O)c(C(C)C)c1.[Cl-]. The van der Waals surface area contributed by atoms with Crippen LogP contribution in [0.1, 0.15) is 55.0 Å². The monoisotopic (exact) mass is 423 g/mol. The Hall–Kier alpha value is -2.24. The molecule has 0 fully saturated rings. The van der Waals surface area contributed by atoms with E-state index >= 15 is 0 Å². The van der Waals surface area contributed by atoms with Gasteiger partial charge < -0.3 is 32.7 Å². The van der Waals surface area contributed by atoms with Crippen molar-refractivity contribution >= 4 is 5.97 Å². The standard InChI is InChI=1S/C22H29NO4.CH4.ClH/c1-14(2)19-11-17(5-6-21(19)24)12-20-15(3)9-18(10-16(20)4)27-13-22(25)26-8-7-23;;/h5-6,9-11,14,24H,7-8,12-13,23H2,1-4H3;1H4;1H. The molecule has 0 heterocycles. The van der Waals surface area contributed by atoms with E-state index in [4.69, 9.17) is 9.47 Å². The van der Waals surface area contributed by atoms with Crippen LogP contribution in [0.5, 0.6) is 11.5 Å². The Balaban J connectivity index is 0.00000392. The summed E-state index contributed by atoms with van der Waals surface area (Å²) in [6.07, 6.45) is 0.781. The number of halogens is 1. The number of hydrogen-bond donors (Lipinski definition) is 2. The third kappa shape index (κ3) is 7.59. The molecule has 5 nitrogen and oxygen atoms in total. The van der Waals surface area contributed by atoms with Gasteiger partial charge in [0.15, 0.2) is 6.61 Å². The molecule has 0 saturated heterocycles. The lowest BCUT2D eigenvalue weighted by atomic mass is 9.93. The summed E-state index contributed by atoms with van der Waals surface area (Å²) in [5.74, 6) is 0.889. The Bertz CT molecular complexity index is 782. The van der Waals surface area contributed by atoms with Crippen molar-refractivity contribution in [2.24, 2.45) is 0 Å². The number of rotatable bonds is 8. The molecule has 0 atom stereocenters. The fourth-order valence-corrected chi connectivity index (χ4v) is 3.07. The zero-order chi connectivity index (χ0) is 20.0. The first kappa shape index (κ1) is 26.8. The van der Waals surface area contributed by atoms with Crippen molar-refractivity contribution < 1.29 is 37.5 Å². The van der Waals surface area contributed by atoms with Gasteiger partial charge in [0.05, 0.1) is 0 Å². The number of carbonyl (C=O) groups excluding carboxylic acids is 1. The molecule has 162 valence electrons. The molecule has 4 N–H and O–H groups in total. The van der Waals surface area contributed by atoms with Gasteiger partial charge in [0.1, 0.15) is 24.7 Å². The van der Waals surface area contributed by atoms with Crippen molar-refractivity contribution in [3.63, 3.8) is 0 Å². The lowest BCUT2D eigenvalue weighted by Crippen LogP contribution is -3.00. The predicted molar refractivity (Wildman–Crippen MR) is 112 cm³/mol. The first-order valence-corrected chi connectivity index (χ1v) is 9.31. The Kier molecular flexibility index (Phi) is 11.4. The molecule has 2 aromatic rings. The van der Waals surface area contributed by atoms with Crippen LogP contribution in [0.15, 0.2) is 30.3 Å². The topological polar surface area (TPSA) is 83.4 Å². The first-order valence-electron chi connectivity index (χ1n) is 9.31. The summed E-state index contributed by atoms with van der Waals surface area (Å²) in [7, 11) is 0. The Morgan fingerprint density at radius 2 is 1.76 bits per heavy atom. The number of aryl methyl sites for hydroxylation is 2. The van der Waals surface area contributed by atoms with E-state index in [0.29, 0.717) is 24.7 Å². The quantitative estimate of drug-likeness (QED) is 0.606. The van der Waals surface area contributed by atoms with E-state index in [1.807, 2.05) is 32.0 Å². The number of phenols is 1. The zero-order valence-corrected chi connectivity index (χ0v) is 17.8. The van der Waals surface area contributed by atoms with Crippen molar-refractivity contribution in [1.29, 1.82) is 0 Å². The minimum atomic E-state index is -0.386. The smallest absolute Gasteiger partial charge is 0.344 e. The minimum absolute atomic E-state index is 0. The van der Waals surface area contributed by atoms with Gasteiger partial charge in [-0.3, -0.25) is 0 Å². The van der Waals surface area contributed by atoms with Gasteiger partial charge >= 0.3 is 5.97 Å². The van der Waals surface area contributed by atoms with Crippen LogP contribution in [-0.4, -0.2) is 30.8 Å². The number of hydrogen-bond acceptors (Lipinski definition) is 4. The van der Waals surface area contributed by atoms with E-state index in [-0.39, 0.29) is 38.3 Å². The van der Waals surface area contributed by atoms with Gasteiger partial charge in [-0.2, -0.15) is 0 Å². The van der Waals surface area contributed by atoms with E-state index in [2.05, 4.69) is 25.6 Å². The third-order valence-corrected chi connectivity index (χ3v) is 4.53. The molecule has 0 spiro atoms. The molecule has 0 aliphatic rings. The van der Waals surface area contributed by atoms with Crippen molar-refractivity contribution in [2.45, 2.75) is 47.5 Å². The molecule has 0 aliphatic carbocycles. The van der Waals surface area contributed by atoms with E-state index in [1.54, 1.807) is 6.07 Å². The van der Waals surface area contributed by atoms with Crippen molar-refractivity contribution in [1.82, 2.24) is 0 Å².